The molecule has 8 heteroatoms. The van der Waals surface area contributed by atoms with Crippen molar-refractivity contribution < 1.29 is 18.4 Å². The highest BCUT2D eigenvalue weighted by Gasteiger charge is 2.30. The van der Waals surface area contributed by atoms with Gasteiger partial charge in [-0.3, -0.25) is 9.69 Å². The van der Waals surface area contributed by atoms with E-state index in [0.29, 0.717) is 38.2 Å². The van der Waals surface area contributed by atoms with E-state index in [9.17, 15) is 9.18 Å². The van der Waals surface area contributed by atoms with Crippen molar-refractivity contribution in [3.63, 3.8) is 0 Å². The van der Waals surface area contributed by atoms with Crippen LogP contribution >= 0.6 is 0 Å². The first-order chi connectivity index (χ1) is 18.1. The molecule has 7 nitrogen and oxygen atoms in total. The van der Waals surface area contributed by atoms with Crippen LogP contribution in [0.5, 0.6) is 0 Å². The van der Waals surface area contributed by atoms with Crippen molar-refractivity contribution in [1.29, 1.82) is 0 Å². The van der Waals surface area contributed by atoms with Gasteiger partial charge in [0.25, 0.3) is 5.91 Å². The predicted molar refractivity (Wildman–Crippen MR) is 141 cm³/mol. The average molecular weight is 507 g/mol. The minimum Gasteiger partial charge on any atom is -0.379 e. The van der Waals surface area contributed by atoms with Crippen LogP contribution in [0.15, 0.2) is 59.1 Å². The number of nitrogens with zero attached hydrogens (tertiary/aromatic N) is 4. The van der Waals surface area contributed by atoms with Gasteiger partial charge in [-0.05, 0) is 38.3 Å². The SMILES string of the molecule is C[C@@H]1CCCCN1c1onc(-c2ccccc2)c1CN(CCN1CCOCC1)C(=O)c1ccccc1F. The summed E-state index contributed by atoms with van der Waals surface area (Å²) in [5.74, 6) is -0.129. The smallest absolute Gasteiger partial charge is 0.257 e. The second-order valence-electron chi connectivity index (χ2n) is 9.88. The zero-order valence-electron chi connectivity index (χ0n) is 21.4. The van der Waals surface area contributed by atoms with Crippen molar-refractivity contribution in [2.75, 3.05) is 50.8 Å². The van der Waals surface area contributed by atoms with E-state index in [1.54, 1.807) is 23.1 Å². The summed E-state index contributed by atoms with van der Waals surface area (Å²) in [6, 6.07) is 16.4. The molecule has 5 rings (SSSR count). The Kier molecular flexibility index (Phi) is 8.16. The van der Waals surface area contributed by atoms with Gasteiger partial charge in [0.1, 0.15) is 11.5 Å². The number of carbonyl (C=O) groups excluding carboxylic acids is 1. The van der Waals surface area contributed by atoms with Gasteiger partial charge in [-0.2, -0.15) is 0 Å². The maximum absolute atomic E-state index is 14.7. The second kappa shape index (κ2) is 11.9. The van der Waals surface area contributed by atoms with Gasteiger partial charge < -0.3 is 19.1 Å². The molecule has 2 saturated heterocycles. The number of aromatic nitrogens is 1. The van der Waals surface area contributed by atoms with Gasteiger partial charge in [0, 0.05) is 44.3 Å². The Morgan fingerprint density at radius 2 is 1.81 bits per heavy atom. The number of ether oxygens (including phenoxy) is 1. The Balaban J connectivity index is 1.50. The lowest BCUT2D eigenvalue weighted by atomic mass is 10.0. The normalized spacial score (nSPS) is 18.6. The van der Waals surface area contributed by atoms with E-state index >= 15 is 0 Å². The Hall–Kier alpha value is -3.23. The maximum atomic E-state index is 14.7. The van der Waals surface area contributed by atoms with Crippen LogP contribution in [0, 0.1) is 5.82 Å². The molecule has 3 aromatic rings. The number of halogens is 1. The van der Waals surface area contributed by atoms with Gasteiger partial charge in [-0.25, -0.2) is 4.39 Å². The van der Waals surface area contributed by atoms with E-state index in [4.69, 9.17) is 9.26 Å². The fourth-order valence-corrected chi connectivity index (χ4v) is 5.23. The minimum atomic E-state index is -0.512. The van der Waals surface area contributed by atoms with Gasteiger partial charge in [0.05, 0.1) is 30.9 Å². The zero-order valence-corrected chi connectivity index (χ0v) is 21.4. The molecule has 2 fully saturated rings. The molecular weight excluding hydrogens is 471 g/mol. The number of hydrogen-bond donors (Lipinski definition) is 0. The van der Waals surface area contributed by atoms with E-state index in [-0.39, 0.29) is 18.0 Å². The first kappa shape index (κ1) is 25.4. The van der Waals surface area contributed by atoms with E-state index in [2.05, 4.69) is 21.9 Å². The molecule has 3 heterocycles. The molecule has 0 aliphatic carbocycles. The number of amides is 1. The Labute approximate surface area is 217 Å². The molecule has 196 valence electrons. The van der Waals surface area contributed by atoms with Crippen LogP contribution in [0.1, 0.15) is 42.1 Å². The van der Waals surface area contributed by atoms with Crippen LogP contribution in [0.25, 0.3) is 11.3 Å². The molecule has 2 aliphatic heterocycles. The molecule has 0 unspecified atom stereocenters. The van der Waals surface area contributed by atoms with Crippen molar-refractivity contribution in [3.05, 3.63) is 71.5 Å². The first-order valence-electron chi connectivity index (χ1n) is 13.3. The summed E-state index contributed by atoms with van der Waals surface area (Å²) >= 11 is 0. The van der Waals surface area contributed by atoms with Crippen molar-refractivity contribution in [1.82, 2.24) is 15.0 Å². The van der Waals surface area contributed by atoms with Crippen LogP contribution < -0.4 is 4.90 Å². The van der Waals surface area contributed by atoms with Crippen LogP contribution in [0.3, 0.4) is 0 Å². The summed E-state index contributed by atoms with van der Waals surface area (Å²) in [4.78, 5) is 20.0. The summed E-state index contributed by atoms with van der Waals surface area (Å²) < 4.78 is 26.2. The van der Waals surface area contributed by atoms with Crippen molar-refractivity contribution >= 4 is 11.8 Å². The molecule has 0 spiro atoms. The topological polar surface area (TPSA) is 62.1 Å². The highest BCUT2D eigenvalue weighted by molar-refractivity contribution is 5.94. The second-order valence-corrected chi connectivity index (χ2v) is 9.88. The van der Waals surface area contributed by atoms with Gasteiger partial charge >= 0.3 is 0 Å². The van der Waals surface area contributed by atoms with Crippen molar-refractivity contribution in [3.8, 4) is 11.3 Å². The largest absolute Gasteiger partial charge is 0.379 e. The molecule has 0 bridgehead atoms. The molecule has 2 aromatic carbocycles. The Bertz CT molecular complexity index is 1180. The summed E-state index contributed by atoms with van der Waals surface area (Å²) in [5, 5.41) is 4.49. The fourth-order valence-electron chi connectivity index (χ4n) is 5.23. The van der Waals surface area contributed by atoms with Gasteiger partial charge in [-0.15, -0.1) is 0 Å². The third-order valence-corrected chi connectivity index (χ3v) is 7.41. The fraction of sp³-hybridized carbons (Fsp3) is 0.448. The monoisotopic (exact) mass is 506 g/mol. The highest BCUT2D eigenvalue weighted by Crippen LogP contribution is 2.35. The summed E-state index contributed by atoms with van der Waals surface area (Å²) in [6.07, 6.45) is 3.35. The van der Waals surface area contributed by atoms with E-state index in [0.717, 1.165) is 49.3 Å². The van der Waals surface area contributed by atoms with E-state index < -0.39 is 5.82 Å². The third kappa shape index (κ3) is 5.86. The summed E-state index contributed by atoms with van der Waals surface area (Å²) in [7, 11) is 0. The predicted octanol–water partition coefficient (Wildman–Crippen LogP) is 4.83. The Morgan fingerprint density at radius 3 is 2.57 bits per heavy atom. The average Bonchev–Trinajstić information content (AvgIpc) is 3.35. The molecule has 1 atom stereocenters. The van der Waals surface area contributed by atoms with Crippen LogP contribution in [0.4, 0.5) is 10.3 Å². The van der Waals surface area contributed by atoms with Crippen molar-refractivity contribution in [2.45, 2.75) is 38.8 Å². The first-order valence-corrected chi connectivity index (χ1v) is 13.3. The molecule has 37 heavy (non-hydrogen) atoms. The van der Waals surface area contributed by atoms with E-state index in [1.807, 2.05) is 30.3 Å². The lowest BCUT2D eigenvalue weighted by Gasteiger charge is -2.34. The van der Waals surface area contributed by atoms with Gasteiger partial charge in [-0.1, -0.05) is 47.6 Å². The standard InChI is InChI=1S/C29H35FN4O3/c1-22-9-7-8-14-34(22)29-25(27(31-37-29)23-10-3-2-4-11-23)21-33(16-15-32-17-19-36-20-18-32)28(35)24-12-5-6-13-26(24)30/h2-6,10-13,22H,7-9,14-21H2,1H3/t22-/m1/s1. The summed E-state index contributed by atoms with van der Waals surface area (Å²) in [6.45, 7) is 7.52. The van der Waals surface area contributed by atoms with Crippen molar-refractivity contribution in [2.24, 2.45) is 0 Å². The number of morpholine rings is 1. The summed E-state index contributed by atoms with van der Waals surface area (Å²) in [5.41, 5.74) is 2.61. The molecule has 0 saturated carbocycles. The third-order valence-electron chi connectivity index (χ3n) is 7.41. The number of benzene rings is 2. The zero-order chi connectivity index (χ0) is 25.6. The van der Waals surface area contributed by atoms with Gasteiger partial charge in [0.2, 0.25) is 5.88 Å². The number of carbonyl (C=O) groups is 1. The van der Waals surface area contributed by atoms with Gasteiger partial charge in [0.15, 0.2) is 0 Å². The lowest BCUT2D eigenvalue weighted by molar-refractivity contribution is 0.0320. The molecule has 0 radical (unpaired) electrons. The number of hydrogen-bond acceptors (Lipinski definition) is 6. The van der Waals surface area contributed by atoms with Crippen LogP contribution in [-0.2, 0) is 11.3 Å². The van der Waals surface area contributed by atoms with E-state index in [1.165, 1.54) is 12.5 Å². The molecule has 1 amide bonds. The number of rotatable bonds is 8. The highest BCUT2D eigenvalue weighted by atomic mass is 19.1. The quantitative estimate of drug-likeness (QED) is 0.436. The molecule has 2 aliphatic rings. The molecule has 1 aromatic heterocycles. The number of piperidine rings is 1. The molecular formula is C29H35FN4O3. The van der Waals surface area contributed by atoms with Crippen LogP contribution in [-0.4, -0.2) is 72.8 Å². The Morgan fingerprint density at radius 1 is 1.05 bits per heavy atom. The lowest BCUT2D eigenvalue weighted by Crippen LogP contribution is -2.43. The van der Waals surface area contributed by atoms with Crippen LogP contribution in [0.2, 0.25) is 0 Å². The minimum absolute atomic E-state index is 0.0788. The number of anilines is 1. The maximum Gasteiger partial charge on any atom is 0.257 e. The molecule has 0 N–H and O–H groups in total.